The molecule has 3 rings (SSSR count). The van der Waals surface area contributed by atoms with Crippen LogP contribution in [0.5, 0.6) is 0 Å². The lowest BCUT2D eigenvalue weighted by atomic mass is 10.1. The third kappa shape index (κ3) is 2.49. The standard InChI is InChI=1S/C14H19NO3S/c1-14(2,3)18-13(16)15-8-9-7-10(15)12(17-9)11-5-4-6-19-11/h4-6,9-10,12H,7-8H2,1-3H3/t9-,10-,12-/m1/s1. The normalized spacial score (nSPS) is 29.8. The molecule has 4 nitrogen and oxygen atoms in total. The molecule has 0 radical (unpaired) electrons. The minimum Gasteiger partial charge on any atom is -0.444 e. The van der Waals surface area contributed by atoms with Gasteiger partial charge in [-0.05, 0) is 38.6 Å². The monoisotopic (exact) mass is 281 g/mol. The maximum Gasteiger partial charge on any atom is 0.410 e. The van der Waals surface area contributed by atoms with Crippen LogP contribution >= 0.6 is 11.3 Å². The van der Waals surface area contributed by atoms with Gasteiger partial charge in [0.25, 0.3) is 0 Å². The SMILES string of the molecule is CC(C)(C)OC(=O)N1C[C@H]2C[C@@H]1[C@H](c1cccs1)O2. The van der Waals surface area contributed by atoms with E-state index < -0.39 is 5.60 Å². The molecular formula is C14H19NO3S. The van der Waals surface area contributed by atoms with Gasteiger partial charge >= 0.3 is 6.09 Å². The summed E-state index contributed by atoms with van der Waals surface area (Å²) in [6.45, 7) is 6.34. The van der Waals surface area contributed by atoms with Crippen molar-refractivity contribution in [2.45, 2.75) is 51.0 Å². The summed E-state index contributed by atoms with van der Waals surface area (Å²) in [5.74, 6) is 0. The van der Waals surface area contributed by atoms with Crippen LogP contribution in [0.15, 0.2) is 17.5 Å². The number of likely N-dealkylation sites (tertiary alicyclic amines) is 1. The number of nitrogens with zero attached hydrogens (tertiary/aromatic N) is 1. The van der Waals surface area contributed by atoms with Crippen LogP contribution in [0.1, 0.15) is 38.2 Å². The zero-order valence-electron chi connectivity index (χ0n) is 11.5. The third-order valence-electron chi connectivity index (χ3n) is 3.45. The lowest BCUT2D eigenvalue weighted by Gasteiger charge is -2.34. The number of thiophene rings is 1. The number of hydrogen-bond donors (Lipinski definition) is 0. The van der Waals surface area contributed by atoms with E-state index in [0.717, 1.165) is 6.42 Å². The van der Waals surface area contributed by atoms with Gasteiger partial charge in [-0.25, -0.2) is 4.79 Å². The highest BCUT2D eigenvalue weighted by Crippen LogP contribution is 2.43. The molecule has 0 N–H and O–H groups in total. The highest BCUT2D eigenvalue weighted by atomic mass is 32.1. The number of carbonyl (C=O) groups excluding carboxylic acids is 1. The zero-order valence-corrected chi connectivity index (χ0v) is 12.3. The fourth-order valence-corrected chi connectivity index (χ4v) is 3.57. The topological polar surface area (TPSA) is 38.8 Å². The van der Waals surface area contributed by atoms with Crippen molar-refractivity contribution < 1.29 is 14.3 Å². The molecule has 104 valence electrons. The summed E-state index contributed by atoms with van der Waals surface area (Å²) >= 11 is 1.68. The van der Waals surface area contributed by atoms with Crippen LogP contribution in [-0.2, 0) is 9.47 Å². The molecule has 0 unspecified atom stereocenters. The molecule has 0 spiro atoms. The molecule has 1 amide bonds. The van der Waals surface area contributed by atoms with Gasteiger partial charge in [0.2, 0.25) is 0 Å². The zero-order chi connectivity index (χ0) is 13.6. The summed E-state index contributed by atoms with van der Waals surface area (Å²) in [4.78, 5) is 15.2. The Balaban J connectivity index is 1.74. The van der Waals surface area contributed by atoms with Crippen LogP contribution in [0.25, 0.3) is 0 Å². The predicted octanol–water partition coefficient (Wildman–Crippen LogP) is 3.20. The van der Waals surface area contributed by atoms with E-state index >= 15 is 0 Å². The average Bonchev–Trinajstić information content (AvgIpc) is 3.02. The van der Waals surface area contributed by atoms with E-state index in [9.17, 15) is 4.79 Å². The fourth-order valence-electron chi connectivity index (χ4n) is 2.75. The molecule has 3 atom stereocenters. The third-order valence-corrected chi connectivity index (χ3v) is 4.38. The molecule has 1 aromatic heterocycles. The second-order valence-corrected chi connectivity index (χ2v) is 7.11. The van der Waals surface area contributed by atoms with E-state index in [-0.39, 0.29) is 24.3 Å². The summed E-state index contributed by atoms with van der Waals surface area (Å²) in [5.41, 5.74) is -0.446. The van der Waals surface area contributed by atoms with Crippen molar-refractivity contribution in [3.05, 3.63) is 22.4 Å². The number of carbonyl (C=O) groups is 1. The molecule has 0 aromatic carbocycles. The van der Waals surface area contributed by atoms with Crippen LogP contribution < -0.4 is 0 Å². The molecule has 2 aliphatic rings. The number of fused-ring (bicyclic) bond motifs is 2. The smallest absolute Gasteiger partial charge is 0.410 e. The van der Waals surface area contributed by atoms with Crippen LogP contribution in [0.2, 0.25) is 0 Å². The molecule has 1 aromatic rings. The van der Waals surface area contributed by atoms with Crippen LogP contribution in [0, 0.1) is 0 Å². The minimum absolute atomic E-state index is 0.0197. The van der Waals surface area contributed by atoms with Gasteiger partial charge in [0.15, 0.2) is 0 Å². The molecule has 0 saturated carbocycles. The molecule has 3 heterocycles. The maximum absolute atomic E-state index is 12.2. The summed E-state index contributed by atoms with van der Waals surface area (Å²) in [7, 11) is 0. The first-order chi connectivity index (χ1) is 8.94. The van der Waals surface area contributed by atoms with Crippen LogP contribution in [0.3, 0.4) is 0 Å². The summed E-state index contributed by atoms with van der Waals surface area (Å²) < 4.78 is 11.5. The Morgan fingerprint density at radius 1 is 1.53 bits per heavy atom. The number of amides is 1. The molecule has 0 aliphatic carbocycles. The van der Waals surface area contributed by atoms with Crippen molar-refractivity contribution in [2.24, 2.45) is 0 Å². The van der Waals surface area contributed by atoms with Crippen LogP contribution in [-0.4, -0.2) is 35.3 Å². The van der Waals surface area contributed by atoms with Gasteiger partial charge < -0.3 is 9.47 Å². The summed E-state index contributed by atoms with van der Waals surface area (Å²) in [5, 5.41) is 2.04. The highest BCUT2D eigenvalue weighted by Gasteiger charge is 2.49. The minimum atomic E-state index is -0.446. The van der Waals surface area contributed by atoms with Crippen molar-refractivity contribution in [1.29, 1.82) is 0 Å². The van der Waals surface area contributed by atoms with E-state index in [1.165, 1.54) is 4.88 Å². The van der Waals surface area contributed by atoms with Crippen molar-refractivity contribution in [2.75, 3.05) is 6.54 Å². The van der Waals surface area contributed by atoms with Crippen molar-refractivity contribution in [3.8, 4) is 0 Å². The Bertz CT molecular complexity index is 466. The Labute approximate surface area is 117 Å². The van der Waals surface area contributed by atoms with Gasteiger partial charge in [0.05, 0.1) is 18.7 Å². The maximum atomic E-state index is 12.2. The number of rotatable bonds is 1. The van der Waals surface area contributed by atoms with E-state index in [1.807, 2.05) is 37.1 Å². The number of hydrogen-bond acceptors (Lipinski definition) is 4. The second-order valence-electron chi connectivity index (χ2n) is 6.13. The van der Waals surface area contributed by atoms with Gasteiger partial charge in [-0.1, -0.05) is 6.07 Å². The Morgan fingerprint density at radius 3 is 2.89 bits per heavy atom. The quantitative estimate of drug-likeness (QED) is 0.793. The molecule has 2 bridgehead atoms. The first-order valence-corrected chi connectivity index (χ1v) is 7.50. The molecule has 2 fully saturated rings. The van der Waals surface area contributed by atoms with Gasteiger partial charge in [-0.15, -0.1) is 11.3 Å². The Morgan fingerprint density at radius 2 is 2.32 bits per heavy atom. The van der Waals surface area contributed by atoms with Gasteiger partial charge in [-0.3, -0.25) is 4.90 Å². The molecular weight excluding hydrogens is 262 g/mol. The molecule has 2 saturated heterocycles. The van der Waals surface area contributed by atoms with Crippen molar-refractivity contribution >= 4 is 17.4 Å². The lowest BCUT2D eigenvalue weighted by Crippen LogP contribution is -2.45. The van der Waals surface area contributed by atoms with E-state index in [4.69, 9.17) is 9.47 Å². The molecule has 2 aliphatic heterocycles. The van der Waals surface area contributed by atoms with Gasteiger partial charge in [0.1, 0.15) is 11.7 Å². The Kier molecular flexibility index (Phi) is 3.06. The summed E-state index contributed by atoms with van der Waals surface area (Å²) in [6.07, 6.45) is 0.877. The van der Waals surface area contributed by atoms with Crippen LogP contribution in [0.4, 0.5) is 4.79 Å². The van der Waals surface area contributed by atoms with Gasteiger partial charge in [-0.2, -0.15) is 0 Å². The van der Waals surface area contributed by atoms with Crippen molar-refractivity contribution in [1.82, 2.24) is 4.90 Å². The highest BCUT2D eigenvalue weighted by molar-refractivity contribution is 7.10. The lowest BCUT2D eigenvalue weighted by molar-refractivity contribution is -0.0455. The van der Waals surface area contributed by atoms with E-state index in [1.54, 1.807) is 11.3 Å². The Hall–Kier alpha value is -1.07. The summed E-state index contributed by atoms with van der Waals surface area (Å²) in [6, 6.07) is 4.22. The fraction of sp³-hybridized carbons (Fsp3) is 0.643. The predicted molar refractivity (Wildman–Crippen MR) is 73.3 cm³/mol. The largest absolute Gasteiger partial charge is 0.444 e. The first kappa shape index (κ1) is 12.9. The molecule has 5 heteroatoms. The second kappa shape index (κ2) is 4.49. The van der Waals surface area contributed by atoms with Gasteiger partial charge in [0, 0.05) is 4.88 Å². The number of morpholine rings is 1. The molecule has 19 heavy (non-hydrogen) atoms. The van der Waals surface area contributed by atoms with E-state index in [0.29, 0.717) is 6.54 Å². The first-order valence-electron chi connectivity index (χ1n) is 6.62. The average molecular weight is 281 g/mol. The van der Waals surface area contributed by atoms with E-state index in [2.05, 4.69) is 6.07 Å². The van der Waals surface area contributed by atoms with Crippen molar-refractivity contribution in [3.63, 3.8) is 0 Å². The number of ether oxygens (including phenoxy) is 2.